The van der Waals surface area contributed by atoms with Crippen LogP contribution in [0, 0.1) is 0 Å². The fourth-order valence-corrected chi connectivity index (χ4v) is 3.22. The lowest BCUT2D eigenvalue weighted by molar-refractivity contribution is -0.123. The highest BCUT2D eigenvalue weighted by atomic mass is 16.5. The standard InChI is InChI=1S/C17H24N2O2/c20-17(18-9-10-21-15-7-3-4-8-15)16-11-13-5-1-2-6-14(13)12-19-16/h1-2,5-6,15-16,19H,3-4,7-12H2,(H,18,20)/t16-/m0/s1. The molecule has 0 spiro atoms. The first-order valence-corrected chi connectivity index (χ1v) is 8.02. The van der Waals surface area contributed by atoms with Crippen LogP contribution in [0.1, 0.15) is 36.8 Å². The molecule has 0 radical (unpaired) electrons. The van der Waals surface area contributed by atoms with Crippen molar-refractivity contribution in [1.29, 1.82) is 0 Å². The third kappa shape index (κ3) is 3.83. The number of carbonyl (C=O) groups excluding carboxylic acids is 1. The lowest BCUT2D eigenvalue weighted by atomic mass is 9.95. The molecule has 2 N–H and O–H groups in total. The van der Waals surface area contributed by atoms with Gasteiger partial charge in [-0.15, -0.1) is 0 Å². The van der Waals surface area contributed by atoms with Crippen molar-refractivity contribution < 1.29 is 9.53 Å². The Labute approximate surface area is 126 Å². The van der Waals surface area contributed by atoms with Gasteiger partial charge in [0, 0.05) is 13.1 Å². The van der Waals surface area contributed by atoms with Gasteiger partial charge < -0.3 is 15.4 Å². The van der Waals surface area contributed by atoms with Crippen molar-refractivity contribution in [2.24, 2.45) is 0 Å². The average molecular weight is 288 g/mol. The van der Waals surface area contributed by atoms with Crippen LogP contribution in [0.3, 0.4) is 0 Å². The van der Waals surface area contributed by atoms with Crippen LogP contribution >= 0.6 is 0 Å². The van der Waals surface area contributed by atoms with Gasteiger partial charge in [0.25, 0.3) is 0 Å². The van der Waals surface area contributed by atoms with Gasteiger partial charge in [0.2, 0.25) is 5.91 Å². The third-order valence-electron chi connectivity index (χ3n) is 4.45. The molecule has 4 heteroatoms. The van der Waals surface area contributed by atoms with E-state index >= 15 is 0 Å². The number of benzene rings is 1. The van der Waals surface area contributed by atoms with Gasteiger partial charge in [-0.3, -0.25) is 4.79 Å². The van der Waals surface area contributed by atoms with Crippen LogP contribution in [-0.2, 0) is 22.5 Å². The highest BCUT2D eigenvalue weighted by molar-refractivity contribution is 5.82. The second-order valence-corrected chi connectivity index (χ2v) is 5.97. The van der Waals surface area contributed by atoms with E-state index in [2.05, 4.69) is 22.8 Å². The monoisotopic (exact) mass is 288 g/mol. The summed E-state index contributed by atoms with van der Waals surface area (Å²) in [6.45, 7) is 2.00. The summed E-state index contributed by atoms with van der Waals surface area (Å²) in [6.07, 6.45) is 6.10. The lowest BCUT2D eigenvalue weighted by Gasteiger charge is -2.25. The molecule has 1 saturated carbocycles. The van der Waals surface area contributed by atoms with E-state index in [0.29, 0.717) is 19.3 Å². The van der Waals surface area contributed by atoms with E-state index in [1.807, 2.05) is 12.1 Å². The van der Waals surface area contributed by atoms with Crippen molar-refractivity contribution in [1.82, 2.24) is 10.6 Å². The Balaban J connectivity index is 1.40. The van der Waals surface area contributed by atoms with E-state index in [1.54, 1.807) is 0 Å². The Bertz CT molecular complexity index is 483. The molecule has 2 aliphatic rings. The van der Waals surface area contributed by atoms with Gasteiger partial charge in [-0.1, -0.05) is 37.1 Å². The van der Waals surface area contributed by atoms with Gasteiger partial charge in [0.1, 0.15) is 0 Å². The minimum absolute atomic E-state index is 0.0829. The minimum atomic E-state index is -0.119. The number of fused-ring (bicyclic) bond motifs is 1. The fourth-order valence-electron chi connectivity index (χ4n) is 3.22. The molecule has 4 nitrogen and oxygen atoms in total. The predicted molar refractivity (Wildman–Crippen MR) is 82.0 cm³/mol. The molecule has 21 heavy (non-hydrogen) atoms. The molecule has 0 unspecified atom stereocenters. The molecule has 114 valence electrons. The van der Waals surface area contributed by atoms with Crippen LogP contribution in [0.15, 0.2) is 24.3 Å². The van der Waals surface area contributed by atoms with Crippen LogP contribution in [0.4, 0.5) is 0 Å². The second-order valence-electron chi connectivity index (χ2n) is 5.97. The van der Waals surface area contributed by atoms with Gasteiger partial charge >= 0.3 is 0 Å². The van der Waals surface area contributed by atoms with Gasteiger partial charge in [-0.25, -0.2) is 0 Å². The quantitative estimate of drug-likeness (QED) is 0.812. The Morgan fingerprint density at radius 3 is 2.81 bits per heavy atom. The number of hydrogen-bond acceptors (Lipinski definition) is 3. The smallest absolute Gasteiger partial charge is 0.237 e. The van der Waals surface area contributed by atoms with E-state index < -0.39 is 0 Å². The highest BCUT2D eigenvalue weighted by Gasteiger charge is 2.23. The number of hydrogen-bond donors (Lipinski definition) is 2. The SMILES string of the molecule is O=C(NCCOC1CCCC1)[C@@H]1Cc2ccccc2CN1. The highest BCUT2D eigenvalue weighted by Crippen LogP contribution is 2.20. The Morgan fingerprint density at radius 1 is 1.24 bits per heavy atom. The molecule has 1 atom stereocenters. The van der Waals surface area contributed by atoms with Gasteiger partial charge in [0.05, 0.1) is 18.8 Å². The zero-order valence-corrected chi connectivity index (χ0v) is 12.4. The first-order valence-electron chi connectivity index (χ1n) is 8.02. The summed E-state index contributed by atoms with van der Waals surface area (Å²) in [6, 6.07) is 8.19. The molecule has 0 bridgehead atoms. The molecule has 0 saturated heterocycles. The van der Waals surface area contributed by atoms with E-state index in [-0.39, 0.29) is 11.9 Å². The maximum atomic E-state index is 12.2. The van der Waals surface area contributed by atoms with Gasteiger partial charge in [-0.2, -0.15) is 0 Å². The maximum absolute atomic E-state index is 12.2. The number of nitrogens with one attached hydrogen (secondary N) is 2. The zero-order valence-electron chi connectivity index (χ0n) is 12.4. The molecular weight excluding hydrogens is 264 g/mol. The number of ether oxygens (including phenoxy) is 1. The van der Waals surface area contributed by atoms with Crippen LogP contribution in [0.25, 0.3) is 0 Å². The summed E-state index contributed by atoms with van der Waals surface area (Å²) in [5.74, 6) is 0.0829. The summed E-state index contributed by atoms with van der Waals surface area (Å²) in [4.78, 5) is 12.2. The maximum Gasteiger partial charge on any atom is 0.237 e. The summed E-state index contributed by atoms with van der Waals surface area (Å²) in [5, 5.41) is 6.28. The Morgan fingerprint density at radius 2 is 2.00 bits per heavy atom. The largest absolute Gasteiger partial charge is 0.376 e. The average Bonchev–Trinajstić information content (AvgIpc) is 3.04. The van der Waals surface area contributed by atoms with Gasteiger partial charge in [-0.05, 0) is 30.4 Å². The third-order valence-corrected chi connectivity index (χ3v) is 4.45. The predicted octanol–water partition coefficient (Wildman–Crippen LogP) is 1.78. The summed E-state index contributed by atoms with van der Waals surface area (Å²) in [5.41, 5.74) is 2.57. The van der Waals surface area contributed by atoms with E-state index in [1.165, 1.54) is 36.8 Å². The molecule has 3 rings (SSSR count). The fraction of sp³-hybridized carbons (Fsp3) is 0.588. The molecule has 1 aliphatic heterocycles. The molecule has 1 amide bonds. The van der Waals surface area contributed by atoms with Crippen molar-refractivity contribution in [2.45, 2.75) is 50.8 Å². The van der Waals surface area contributed by atoms with E-state index in [4.69, 9.17) is 4.74 Å². The molecule has 1 aromatic carbocycles. The molecular formula is C17H24N2O2. The second kappa shape index (κ2) is 7.05. The Hall–Kier alpha value is -1.39. The molecule has 1 aliphatic carbocycles. The first kappa shape index (κ1) is 14.5. The minimum Gasteiger partial charge on any atom is -0.376 e. The van der Waals surface area contributed by atoms with Crippen molar-refractivity contribution in [3.8, 4) is 0 Å². The topological polar surface area (TPSA) is 50.4 Å². The molecule has 1 aromatic rings. The molecule has 1 fully saturated rings. The summed E-state index contributed by atoms with van der Waals surface area (Å²) in [7, 11) is 0. The summed E-state index contributed by atoms with van der Waals surface area (Å²) < 4.78 is 5.76. The van der Waals surface area contributed by atoms with Crippen molar-refractivity contribution in [2.75, 3.05) is 13.2 Å². The van der Waals surface area contributed by atoms with Crippen molar-refractivity contribution in [3.05, 3.63) is 35.4 Å². The van der Waals surface area contributed by atoms with Crippen molar-refractivity contribution in [3.63, 3.8) is 0 Å². The summed E-state index contributed by atoms with van der Waals surface area (Å²) >= 11 is 0. The van der Waals surface area contributed by atoms with Crippen LogP contribution < -0.4 is 10.6 Å². The van der Waals surface area contributed by atoms with Crippen LogP contribution in [0.5, 0.6) is 0 Å². The van der Waals surface area contributed by atoms with Crippen LogP contribution in [-0.4, -0.2) is 31.2 Å². The van der Waals surface area contributed by atoms with Gasteiger partial charge in [0.15, 0.2) is 0 Å². The van der Waals surface area contributed by atoms with Crippen LogP contribution in [0.2, 0.25) is 0 Å². The van der Waals surface area contributed by atoms with E-state index in [0.717, 1.165) is 13.0 Å². The first-order chi connectivity index (χ1) is 10.3. The molecule has 1 heterocycles. The number of rotatable bonds is 5. The van der Waals surface area contributed by atoms with Crippen molar-refractivity contribution >= 4 is 5.91 Å². The number of carbonyl (C=O) groups is 1. The molecule has 0 aromatic heterocycles. The Kier molecular flexibility index (Phi) is 4.88. The van der Waals surface area contributed by atoms with E-state index in [9.17, 15) is 4.79 Å². The lowest BCUT2D eigenvalue weighted by Crippen LogP contribution is -2.48. The normalized spacial score (nSPS) is 22.0. The zero-order chi connectivity index (χ0) is 14.5. The number of amides is 1.